The largest absolute Gasteiger partial charge is 0.382 e. The minimum atomic E-state index is -0.265. The van der Waals surface area contributed by atoms with Crippen LogP contribution in [0.2, 0.25) is 0 Å². The van der Waals surface area contributed by atoms with Crippen LogP contribution in [0.4, 0.5) is 0 Å². The van der Waals surface area contributed by atoms with Crippen molar-refractivity contribution in [3.63, 3.8) is 0 Å². The molecule has 0 heterocycles. The molecule has 0 spiro atoms. The van der Waals surface area contributed by atoms with Crippen LogP contribution in [0.1, 0.15) is 10.4 Å². The molecule has 0 aliphatic heterocycles. The smallest absolute Gasteiger partial charge is 0.274 e. The number of ether oxygens (including phenoxy) is 1. The van der Waals surface area contributed by atoms with Crippen LogP contribution in [-0.2, 0) is 9.57 Å². The molecule has 1 amide bonds. The molecule has 0 radical (unpaired) electrons. The molecule has 104 valence electrons. The van der Waals surface area contributed by atoms with Crippen molar-refractivity contribution < 1.29 is 14.4 Å². The number of methoxy groups -OCH3 is 1. The first-order valence-electron chi connectivity index (χ1n) is 6.38. The second-order valence-corrected chi connectivity index (χ2v) is 4.22. The van der Waals surface area contributed by atoms with Crippen molar-refractivity contribution >= 4 is 5.91 Å². The number of benzene rings is 2. The fraction of sp³-hybridized carbons (Fsp3) is 0.188. The van der Waals surface area contributed by atoms with Crippen LogP contribution in [0.3, 0.4) is 0 Å². The first kappa shape index (κ1) is 14.2. The van der Waals surface area contributed by atoms with Gasteiger partial charge in [-0.05, 0) is 23.3 Å². The molecular weight excluding hydrogens is 254 g/mol. The predicted molar refractivity (Wildman–Crippen MR) is 77.2 cm³/mol. The summed E-state index contributed by atoms with van der Waals surface area (Å²) in [6.45, 7) is 0.755. The minimum Gasteiger partial charge on any atom is -0.382 e. The SMILES string of the molecule is COCCONC(=O)c1cccc(-c2ccccc2)c1. The van der Waals surface area contributed by atoms with Crippen molar-refractivity contribution in [2.75, 3.05) is 20.3 Å². The van der Waals surface area contributed by atoms with Gasteiger partial charge in [0.2, 0.25) is 0 Å². The number of carbonyl (C=O) groups excluding carboxylic acids is 1. The molecule has 0 fully saturated rings. The highest BCUT2D eigenvalue weighted by atomic mass is 16.7. The van der Waals surface area contributed by atoms with Gasteiger partial charge in [0.1, 0.15) is 0 Å². The Morgan fingerprint density at radius 2 is 1.75 bits per heavy atom. The van der Waals surface area contributed by atoms with Crippen LogP contribution in [0.25, 0.3) is 11.1 Å². The average molecular weight is 271 g/mol. The molecule has 1 N–H and O–H groups in total. The highest BCUT2D eigenvalue weighted by molar-refractivity contribution is 5.94. The normalized spacial score (nSPS) is 10.2. The van der Waals surface area contributed by atoms with Crippen molar-refractivity contribution in [2.45, 2.75) is 0 Å². The molecular formula is C16H17NO3. The number of nitrogens with one attached hydrogen (secondary N) is 1. The molecule has 0 unspecified atom stereocenters. The van der Waals surface area contributed by atoms with Gasteiger partial charge in [-0.3, -0.25) is 9.63 Å². The van der Waals surface area contributed by atoms with Crippen molar-refractivity contribution in [2.24, 2.45) is 0 Å². The lowest BCUT2D eigenvalue weighted by molar-refractivity contribution is 0.00889. The summed E-state index contributed by atoms with van der Waals surface area (Å²) in [5.41, 5.74) is 5.02. The van der Waals surface area contributed by atoms with Crippen LogP contribution in [-0.4, -0.2) is 26.2 Å². The Kier molecular flexibility index (Phi) is 5.29. The van der Waals surface area contributed by atoms with E-state index in [0.717, 1.165) is 11.1 Å². The summed E-state index contributed by atoms with van der Waals surface area (Å²) in [5.74, 6) is -0.265. The number of amides is 1. The molecule has 2 rings (SSSR count). The van der Waals surface area contributed by atoms with E-state index in [0.29, 0.717) is 18.8 Å². The molecule has 2 aromatic carbocycles. The molecule has 4 nitrogen and oxygen atoms in total. The topological polar surface area (TPSA) is 47.6 Å². The van der Waals surface area contributed by atoms with Crippen LogP contribution >= 0.6 is 0 Å². The molecule has 0 aromatic heterocycles. The van der Waals surface area contributed by atoms with E-state index in [1.807, 2.05) is 48.5 Å². The Bertz CT molecular complexity index is 555. The average Bonchev–Trinajstić information content (AvgIpc) is 2.52. The van der Waals surface area contributed by atoms with Crippen LogP contribution in [0.15, 0.2) is 54.6 Å². The number of carbonyl (C=O) groups is 1. The Morgan fingerprint density at radius 3 is 2.50 bits per heavy atom. The summed E-state index contributed by atoms with van der Waals surface area (Å²) in [6, 6.07) is 17.3. The highest BCUT2D eigenvalue weighted by Crippen LogP contribution is 2.19. The molecule has 4 heteroatoms. The summed E-state index contributed by atoms with van der Waals surface area (Å²) in [6.07, 6.45) is 0. The molecule has 0 bridgehead atoms. The Balaban J connectivity index is 2.04. The molecule has 2 aromatic rings. The van der Waals surface area contributed by atoms with Crippen molar-refractivity contribution in [3.8, 4) is 11.1 Å². The van der Waals surface area contributed by atoms with Crippen LogP contribution < -0.4 is 5.48 Å². The van der Waals surface area contributed by atoms with E-state index in [2.05, 4.69) is 5.48 Å². The number of hydrogen-bond donors (Lipinski definition) is 1. The number of hydrogen-bond acceptors (Lipinski definition) is 3. The van der Waals surface area contributed by atoms with E-state index >= 15 is 0 Å². The van der Waals surface area contributed by atoms with Gasteiger partial charge in [0.15, 0.2) is 0 Å². The molecule has 0 aliphatic rings. The Morgan fingerprint density at radius 1 is 1.00 bits per heavy atom. The molecule has 0 atom stereocenters. The van der Waals surface area contributed by atoms with Gasteiger partial charge in [-0.15, -0.1) is 0 Å². The van der Waals surface area contributed by atoms with E-state index in [4.69, 9.17) is 9.57 Å². The van der Waals surface area contributed by atoms with Crippen LogP contribution in [0, 0.1) is 0 Å². The fourth-order valence-electron chi connectivity index (χ4n) is 1.77. The monoisotopic (exact) mass is 271 g/mol. The Hall–Kier alpha value is -2.17. The lowest BCUT2D eigenvalue weighted by Gasteiger charge is -2.07. The quantitative estimate of drug-likeness (QED) is 0.649. The number of hydroxylamine groups is 1. The van der Waals surface area contributed by atoms with Crippen molar-refractivity contribution in [1.29, 1.82) is 0 Å². The van der Waals surface area contributed by atoms with Gasteiger partial charge in [-0.2, -0.15) is 0 Å². The highest BCUT2D eigenvalue weighted by Gasteiger charge is 2.06. The zero-order chi connectivity index (χ0) is 14.2. The third-order valence-corrected chi connectivity index (χ3v) is 2.79. The summed E-state index contributed by atoms with van der Waals surface area (Å²) >= 11 is 0. The van der Waals surface area contributed by atoms with Crippen LogP contribution in [0.5, 0.6) is 0 Å². The zero-order valence-electron chi connectivity index (χ0n) is 11.3. The van der Waals surface area contributed by atoms with E-state index in [1.165, 1.54) is 0 Å². The van der Waals surface area contributed by atoms with Crippen molar-refractivity contribution in [3.05, 3.63) is 60.2 Å². The maximum atomic E-state index is 11.9. The standard InChI is InChI=1S/C16H17NO3/c1-19-10-11-20-17-16(18)15-9-5-8-14(12-15)13-6-3-2-4-7-13/h2-9,12H,10-11H2,1H3,(H,17,18). The number of rotatable bonds is 6. The van der Waals surface area contributed by atoms with Gasteiger partial charge >= 0.3 is 0 Å². The summed E-state index contributed by atoms with van der Waals surface area (Å²) in [5, 5.41) is 0. The summed E-state index contributed by atoms with van der Waals surface area (Å²) in [7, 11) is 1.58. The summed E-state index contributed by atoms with van der Waals surface area (Å²) in [4.78, 5) is 16.9. The predicted octanol–water partition coefficient (Wildman–Crippen LogP) is 2.66. The van der Waals surface area contributed by atoms with E-state index < -0.39 is 0 Å². The molecule has 0 saturated carbocycles. The second-order valence-electron chi connectivity index (χ2n) is 4.22. The van der Waals surface area contributed by atoms with Gasteiger partial charge in [0, 0.05) is 12.7 Å². The van der Waals surface area contributed by atoms with Gasteiger partial charge in [0.25, 0.3) is 5.91 Å². The van der Waals surface area contributed by atoms with E-state index in [9.17, 15) is 4.79 Å². The van der Waals surface area contributed by atoms with E-state index in [1.54, 1.807) is 13.2 Å². The minimum absolute atomic E-state index is 0.265. The molecule has 0 saturated heterocycles. The van der Waals surface area contributed by atoms with Gasteiger partial charge in [0.05, 0.1) is 13.2 Å². The third-order valence-electron chi connectivity index (χ3n) is 2.79. The third kappa shape index (κ3) is 3.91. The Labute approximate surface area is 118 Å². The lowest BCUT2D eigenvalue weighted by Crippen LogP contribution is -2.25. The lowest BCUT2D eigenvalue weighted by atomic mass is 10.0. The summed E-state index contributed by atoms with van der Waals surface area (Å²) < 4.78 is 4.83. The van der Waals surface area contributed by atoms with Gasteiger partial charge in [-0.1, -0.05) is 42.5 Å². The molecule has 20 heavy (non-hydrogen) atoms. The first-order chi connectivity index (χ1) is 9.81. The first-order valence-corrected chi connectivity index (χ1v) is 6.38. The fourth-order valence-corrected chi connectivity index (χ4v) is 1.77. The van der Waals surface area contributed by atoms with Gasteiger partial charge in [-0.25, -0.2) is 5.48 Å². The van der Waals surface area contributed by atoms with Gasteiger partial charge < -0.3 is 4.74 Å². The molecule has 0 aliphatic carbocycles. The second kappa shape index (κ2) is 7.43. The van der Waals surface area contributed by atoms with E-state index in [-0.39, 0.29) is 5.91 Å². The zero-order valence-corrected chi connectivity index (χ0v) is 11.3. The maximum absolute atomic E-state index is 11.9. The maximum Gasteiger partial charge on any atom is 0.274 e. The van der Waals surface area contributed by atoms with Crippen molar-refractivity contribution in [1.82, 2.24) is 5.48 Å².